The largest absolute Gasteiger partial charge is 0.312 e. The molecule has 1 aliphatic rings. The van der Waals surface area contributed by atoms with E-state index in [9.17, 15) is 4.79 Å². The number of rotatable bonds is 3. The topological polar surface area (TPSA) is 80.5 Å². The van der Waals surface area contributed by atoms with Crippen LogP contribution in [0, 0.1) is 0 Å². The second kappa shape index (κ2) is 5.42. The fourth-order valence-corrected chi connectivity index (χ4v) is 3.21. The number of aromatic nitrogens is 5. The van der Waals surface area contributed by atoms with Crippen molar-refractivity contribution < 1.29 is 0 Å². The molecule has 0 amide bonds. The van der Waals surface area contributed by atoms with E-state index in [1.165, 1.54) is 6.33 Å². The van der Waals surface area contributed by atoms with E-state index < -0.39 is 0 Å². The van der Waals surface area contributed by atoms with E-state index in [0.717, 1.165) is 29.9 Å². The van der Waals surface area contributed by atoms with Gasteiger partial charge >= 0.3 is 0 Å². The molecule has 1 aliphatic heterocycles. The number of fused-ring (bicyclic) bond motifs is 1. The highest BCUT2D eigenvalue weighted by molar-refractivity contribution is 5.94. The van der Waals surface area contributed by atoms with Gasteiger partial charge in [0, 0.05) is 42.3 Å². The smallest absolute Gasteiger partial charge is 0.260 e. The van der Waals surface area contributed by atoms with Crippen LogP contribution >= 0.6 is 0 Å². The fraction of sp³-hybridized carbons (Fsp3) is 0.167. The molecule has 3 aromatic heterocycles. The maximum atomic E-state index is 12.5. The van der Waals surface area contributed by atoms with Crippen molar-refractivity contribution in [1.82, 2.24) is 29.6 Å². The fourth-order valence-electron chi connectivity index (χ4n) is 3.21. The minimum absolute atomic E-state index is 0.146. The minimum atomic E-state index is -0.146. The molecule has 25 heavy (non-hydrogen) atoms. The van der Waals surface area contributed by atoms with Crippen LogP contribution in [-0.4, -0.2) is 37.4 Å². The molecule has 0 saturated carbocycles. The molecule has 7 heteroatoms. The van der Waals surface area contributed by atoms with E-state index in [4.69, 9.17) is 0 Å². The Balaban J connectivity index is 1.73. The molecular formula is C18H16N6O. The monoisotopic (exact) mass is 332 g/mol. The number of nitrogens with one attached hydrogen (secondary N) is 2. The predicted octanol–water partition coefficient (Wildman–Crippen LogP) is 1.72. The van der Waals surface area contributed by atoms with Gasteiger partial charge in [-0.25, -0.2) is 4.98 Å². The molecule has 4 aromatic rings. The maximum absolute atomic E-state index is 12.5. The summed E-state index contributed by atoms with van der Waals surface area (Å²) in [4.78, 5) is 19.6. The lowest BCUT2D eigenvalue weighted by molar-refractivity contribution is 0.318. The first kappa shape index (κ1) is 14.2. The SMILES string of the molecule is O=c1[nH]cnc2c1c(-c1cnn(C3CNC3)c1)cn2-c1ccccc1. The summed E-state index contributed by atoms with van der Waals surface area (Å²) in [5.41, 5.74) is 3.22. The zero-order valence-electron chi connectivity index (χ0n) is 13.4. The van der Waals surface area contributed by atoms with Gasteiger partial charge in [-0.1, -0.05) is 18.2 Å². The third kappa shape index (κ3) is 2.20. The van der Waals surface area contributed by atoms with Gasteiger partial charge < -0.3 is 14.9 Å². The van der Waals surface area contributed by atoms with Gasteiger partial charge in [0.25, 0.3) is 5.56 Å². The van der Waals surface area contributed by atoms with Gasteiger partial charge in [-0.15, -0.1) is 0 Å². The maximum Gasteiger partial charge on any atom is 0.260 e. The van der Waals surface area contributed by atoms with Gasteiger partial charge in [-0.3, -0.25) is 9.48 Å². The van der Waals surface area contributed by atoms with Crippen molar-refractivity contribution in [3.05, 3.63) is 65.6 Å². The Labute approximate surface area is 142 Å². The number of hydrogen-bond acceptors (Lipinski definition) is 4. The Morgan fingerprint density at radius 2 is 1.96 bits per heavy atom. The summed E-state index contributed by atoms with van der Waals surface area (Å²) in [6.07, 6.45) is 7.22. The van der Waals surface area contributed by atoms with E-state index >= 15 is 0 Å². The van der Waals surface area contributed by atoms with Crippen molar-refractivity contribution in [3.8, 4) is 16.8 Å². The van der Waals surface area contributed by atoms with Crippen LogP contribution in [0.3, 0.4) is 0 Å². The Hall–Kier alpha value is -3.19. The van der Waals surface area contributed by atoms with Crippen LogP contribution in [0.25, 0.3) is 27.8 Å². The molecule has 1 saturated heterocycles. The van der Waals surface area contributed by atoms with Crippen molar-refractivity contribution in [2.24, 2.45) is 0 Å². The second-order valence-corrected chi connectivity index (χ2v) is 6.20. The third-order valence-electron chi connectivity index (χ3n) is 4.67. The van der Waals surface area contributed by atoms with Crippen molar-refractivity contribution in [3.63, 3.8) is 0 Å². The molecule has 1 fully saturated rings. The first-order valence-corrected chi connectivity index (χ1v) is 8.20. The molecule has 0 spiro atoms. The summed E-state index contributed by atoms with van der Waals surface area (Å²) in [6.45, 7) is 1.85. The zero-order chi connectivity index (χ0) is 16.8. The second-order valence-electron chi connectivity index (χ2n) is 6.20. The molecule has 4 heterocycles. The Morgan fingerprint density at radius 1 is 1.12 bits per heavy atom. The molecule has 0 atom stereocenters. The van der Waals surface area contributed by atoms with Gasteiger partial charge in [0.15, 0.2) is 5.65 Å². The molecule has 2 N–H and O–H groups in total. The average Bonchev–Trinajstić information content (AvgIpc) is 3.20. The van der Waals surface area contributed by atoms with E-state index in [1.54, 1.807) is 0 Å². The average molecular weight is 332 g/mol. The van der Waals surface area contributed by atoms with Crippen molar-refractivity contribution >= 4 is 11.0 Å². The van der Waals surface area contributed by atoms with Crippen molar-refractivity contribution in [2.45, 2.75) is 6.04 Å². The van der Waals surface area contributed by atoms with Gasteiger partial charge in [-0.05, 0) is 12.1 Å². The Bertz CT molecular complexity index is 1100. The summed E-state index contributed by atoms with van der Waals surface area (Å²) >= 11 is 0. The summed E-state index contributed by atoms with van der Waals surface area (Å²) in [7, 11) is 0. The third-order valence-corrected chi connectivity index (χ3v) is 4.67. The lowest BCUT2D eigenvalue weighted by Gasteiger charge is -2.27. The van der Waals surface area contributed by atoms with Crippen LogP contribution < -0.4 is 10.9 Å². The molecule has 124 valence electrons. The number of nitrogens with zero attached hydrogens (tertiary/aromatic N) is 4. The van der Waals surface area contributed by atoms with E-state index in [-0.39, 0.29) is 5.56 Å². The van der Waals surface area contributed by atoms with Crippen LogP contribution in [0.1, 0.15) is 6.04 Å². The molecule has 0 unspecified atom stereocenters. The van der Waals surface area contributed by atoms with Gasteiger partial charge in [-0.2, -0.15) is 5.10 Å². The Morgan fingerprint density at radius 3 is 2.72 bits per heavy atom. The van der Waals surface area contributed by atoms with Crippen molar-refractivity contribution in [2.75, 3.05) is 13.1 Å². The highest BCUT2D eigenvalue weighted by Crippen LogP contribution is 2.29. The lowest BCUT2D eigenvalue weighted by atomic mass is 10.1. The number of H-pyrrole nitrogens is 1. The Kier molecular flexibility index (Phi) is 3.07. The number of para-hydroxylation sites is 1. The normalized spacial score (nSPS) is 14.7. The molecule has 0 bridgehead atoms. The lowest BCUT2D eigenvalue weighted by Crippen LogP contribution is -2.43. The van der Waals surface area contributed by atoms with E-state index in [0.29, 0.717) is 17.1 Å². The molecular weight excluding hydrogens is 316 g/mol. The summed E-state index contributed by atoms with van der Waals surface area (Å²) in [5.74, 6) is 0. The van der Waals surface area contributed by atoms with Crippen LogP contribution in [0.15, 0.2) is 60.0 Å². The highest BCUT2D eigenvalue weighted by Gasteiger charge is 2.21. The first-order chi connectivity index (χ1) is 12.3. The molecule has 0 radical (unpaired) electrons. The molecule has 5 rings (SSSR count). The van der Waals surface area contributed by atoms with Crippen molar-refractivity contribution in [1.29, 1.82) is 0 Å². The molecule has 0 aliphatic carbocycles. The van der Waals surface area contributed by atoms with Crippen LogP contribution in [0.5, 0.6) is 0 Å². The van der Waals surface area contributed by atoms with Gasteiger partial charge in [0.1, 0.15) is 0 Å². The van der Waals surface area contributed by atoms with E-state index in [2.05, 4.69) is 20.4 Å². The number of aromatic amines is 1. The number of benzene rings is 1. The molecule has 1 aromatic carbocycles. The summed E-state index contributed by atoms with van der Waals surface area (Å²) in [5, 5.41) is 8.29. The quantitative estimate of drug-likeness (QED) is 0.599. The first-order valence-electron chi connectivity index (χ1n) is 8.20. The van der Waals surface area contributed by atoms with Crippen LogP contribution in [0.2, 0.25) is 0 Å². The van der Waals surface area contributed by atoms with E-state index in [1.807, 2.05) is 58.2 Å². The van der Waals surface area contributed by atoms with Crippen LogP contribution in [-0.2, 0) is 0 Å². The zero-order valence-corrected chi connectivity index (χ0v) is 13.4. The number of hydrogen-bond donors (Lipinski definition) is 2. The van der Waals surface area contributed by atoms with Crippen LogP contribution in [0.4, 0.5) is 0 Å². The summed E-state index contributed by atoms with van der Waals surface area (Å²) < 4.78 is 3.91. The predicted molar refractivity (Wildman–Crippen MR) is 94.8 cm³/mol. The molecule has 7 nitrogen and oxygen atoms in total. The standard InChI is InChI=1S/C18H16N6O/c25-18-16-15(12-6-22-24(9-12)14-7-19-8-14)10-23(17(16)20-11-21-18)13-4-2-1-3-5-13/h1-6,9-11,14,19H,7-8H2,(H,20,21,25). The van der Waals surface area contributed by atoms with Gasteiger partial charge in [0.05, 0.1) is 24.0 Å². The highest BCUT2D eigenvalue weighted by atomic mass is 16.1. The minimum Gasteiger partial charge on any atom is -0.312 e. The van der Waals surface area contributed by atoms with Gasteiger partial charge in [0.2, 0.25) is 0 Å². The summed E-state index contributed by atoms with van der Waals surface area (Å²) in [6, 6.07) is 10.3.